The number of fused-ring (bicyclic) bond motifs is 1. The van der Waals surface area contributed by atoms with Gasteiger partial charge in [0.2, 0.25) is 0 Å². The van der Waals surface area contributed by atoms with Crippen molar-refractivity contribution in [1.82, 2.24) is 14.9 Å². The maximum Gasteiger partial charge on any atom is 0.143 e. The van der Waals surface area contributed by atoms with Crippen LogP contribution in [0.2, 0.25) is 0 Å². The summed E-state index contributed by atoms with van der Waals surface area (Å²) in [7, 11) is 2.18. The van der Waals surface area contributed by atoms with E-state index in [4.69, 9.17) is 4.74 Å². The molecule has 0 saturated carbocycles. The molecule has 1 saturated heterocycles. The topological polar surface area (TPSA) is 53.5 Å². The number of benzene rings is 2. The molecular weight excluding hydrogens is 418 g/mol. The minimum absolute atomic E-state index is 0.663. The summed E-state index contributed by atoms with van der Waals surface area (Å²) in [5.74, 6) is 1.71. The van der Waals surface area contributed by atoms with E-state index >= 15 is 0 Å². The first-order chi connectivity index (χ1) is 15.7. The van der Waals surface area contributed by atoms with E-state index in [0.717, 1.165) is 64.8 Å². The molecule has 2 aromatic heterocycles. The van der Waals surface area contributed by atoms with Crippen molar-refractivity contribution in [1.29, 1.82) is 0 Å². The van der Waals surface area contributed by atoms with Gasteiger partial charge in [-0.15, -0.1) is 11.3 Å². The average molecular weight is 446 g/mol. The third-order valence-electron chi connectivity index (χ3n) is 5.85. The van der Waals surface area contributed by atoms with Crippen molar-refractivity contribution in [3.63, 3.8) is 0 Å². The van der Waals surface area contributed by atoms with Crippen molar-refractivity contribution in [2.24, 2.45) is 0 Å². The second-order valence-corrected chi connectivity index (χ2v) is 8.83. The van der Waals surface area contributed by atoms with Crippen LogP contribution < -0.4 is 15.0 Å². The fourth-order valence-corrected chi connectivity index (χ4v) is 4.95. The summed E-state index contributed by atoms with van der Waals surface area (Å²) in [6.07, 6.45) is 1.63. The van der Waals surface area contributed by atoms with E-state index in [1.165, 1.54) is 5.69 Å². The summed E-state index contributed by atoms with van der Waals surface area (Å²) in [6.45, 7) is 6.99. The molecule has 1 fully saturated rings. The lowest BCUT2D eigenvalue weighted by molar-refractivity contribution is 0.313. The normalized spacial score (nSPS) is 14.6. The summed E-state index contributed by atoms with van der Waals surface area (Å²) in [6, 6.07) is 16.8. The van der Waals surface area contributed by atoms with Crippen molar-refractivity contribution < 1.29 is 4.74 Å². The lowest BCUT2D eigenvalue weighted by Gasteiger charge is -2.34. The predicted octanol–water partition coefficient (Wildman–Crippen LogP) is 5.25. The van der Waals surface area contributed by atoms with Gasteiger partial charge in [0, 0.05) is 48.5 Å². The van der Waals surface area contributed by atoms with Crippen LogP contribution in [0.1, 0.15) is 6.92 Å². The van der Waals surface area contributed by atoms with Crippen LogP contribution in [0.5, 0.6) is 5.75 Å². The average Bonchev–Trinajstić information content (AvgIpc) is 3.26. The molecule has 1 aliphatic rings. The Morgan fingerprint density at radius 1 is 0.969 bits per heavy atom. The third-order valence-corrected chi connectivity index (χ3v) is 6.73. The van der Waals surface area contributed by atoms with Crippen LogP contribution in [0.25, 0.3) is 21.3 Å². The molecular formula is C25H27N5OS. The highest BCUT2D eigenvalue weighted by atomic mass is 32.1. The number of thiophene rings is 1. The van der Waals surface area contributed by atoms with Crippen LogP contribution >= 0.6 is 11.3 Å². The highest BCUT2D eigenvalue weighted by molar-refractivity contribution is 7.17. The monoisotopic (exact) mass is 445 g/mol. The summed E-state index contributed by atoms with van der Waals surface area (Å²) >= 11 is 1.64. The Balaban J connectivity index is 1.40. The van der Waals surface area contributed by atoms with Crippen LogP contribution in [-0.4, -0.2) is 54.7 Å². The van der Waals surface area contributed by atoms with Crippen LogP contribution in [0.15, 0.2) is 60.2 Å². The van der Waals surface area contributed by atoms with E-state index in [0.29, 0.717) is 6.61 Å². The molecule has 0 radical (unpaired) electrons. The zero-order valence-electron chi connectivity index (χ0n) is 18.4. The molecule has 7 heteroatoms. The summed E-state index contributed by atoms with van der Waals surface area (Å²) in [5, 5.41) is 6.71. The number of hydrogen-bond acceptors (Lipinski definition) is 7. The van der Waals surface area contributed by atoms with Gasteiger partial charge in [0.05, 0.1) is 12.0 Å². The number of ether oxygens (including phenoxy) is 1. The number of hydrogen-bond donors (Lipinski definition) is 1. The van der Waals surface area contributed by atoms with Crippen LogP contribution in [0, 0.1) is 0 Å². The van der Waals surface area contributed by atoms with Crippen LogP contribution in [0.4, 0.5) is 17.2 Å². The molecule has 0 bridgehead atoms. The summed E-state index contributed by atoms with van der Waals surface area (Å²) in [5.41, 5.74) is 4.54. The molecule has 0 atom stereocenters. The van der Waals surface area contributed by atoms with Crippen molar-refractivity contribution in [2.45, 2.75) is 6.92 Å². The van der Waals surface area contributed by atoms with Crippen LogP contribution in [-0.2, 0) is 0 Å². The van der Waals surface area contributed by atoms with Gasteiger partial charge >= 0.3 is 0 Å². The zero-order valence-corrected chi connectivity index (χ0v) is 19.2. The minimum Gasteiger partial charge on any atom is -0.494 e. The van der Waals surface area contributed by atoms with E-state index < -0.39 is 0 Å². The first kappa shape index (κ1) is 20.7. The Morgan fingerprint density at radius 3 is 2.44 bits per heavy atom. The first-order valence-corrected chi connectivity index (χ1v) is 11.9. The third kappa shape index (κ3) is 4.26. The fourth-order valence-electron chi connectivity index (χ4n) is 4.04. The molecule has 32 heavy (non-hydrogen) atoms. The van der Waals surface area contributed by atoms with Crippen molar-refractivity contribution in [3.8, 4) is 16.9 Å². The Morgan fingerprint density at radius 2 is 1.72 bits per heavy atom. The molecule has 1 aliphatic heterocycles. The SMILES string of the molecule is CCOc1ccc(-c2csc3ncnc(Nc4ccc(N5CCN(C)CC5)cc4)c23)cc1. The highest BCUT2D eigenvalue weighted by Crippen LogP contribution is 2.38. The smallest absolute Gasteiger partial charge is 0.143 e. The number of nitrogens with zero attached hydrogens (tertiary/aromatic N) is 4. The van der Waals surface area contributed by atoms with E-state index in [1.807, 2.05) is 19.1 Å². The lowest BCUT2D eigenvalue weighted by atomic mass is 10.1. The Kier molecular flexibility index (Phi) is 5.92. The second-order valence-electron chi connectivity index (χ2n) is 7.97. The Hall–Kier alpha value is -3.16. The summed E-state index contributed by atoms with van der Waals surface area (Å²) < 4.78 is 5.59. The molecule has 0 unspecified atom stereocenters. The van der Waals surface area contributed by atoms with Gasteiger partial charge in [-0.1, -0.05) is 12.1 Å². The molecule has 3 heterocycles. The second kappa shape index (κ2) is 9.14. The standard InChI is InChI=1S/C25H27N5OS/c1-3-31-21-10-4-18(5-11-21)22-16-32-25-23(22)24(26-17-27-25)28-19-6-8-20(9-7-19)30-14-12-29(2)13-15-30/h4-11,16-17H,3,12-15H2,1-2H3,(H,26,27,28). The van der Waals surface area contributed by atoms with E-state index in [2.05, 4.69) is 73.9 Å². The lowest BCUT2D eigenvalue weighted by Crippen LogP contribution is -2.44. The van der Waals surface area contributed by atoms with Crippen LogP contribution in [0.3, 0.4) is 0 Å². The molecule has 0 amide bonds. The van der Waals surface area contributed by atoms with Gasteiger partial charge in [-0.2, -0.15) is 0 Å². The Bertz CT molecular complexity index is 1180. The molecule has 0 spiro atoms. The number of nitrogens with one attached hydrogen (secondary N) is 1. The molecule has 5 rings (SSSR count). The largest absolute Gasteiger partial charge is 0.494 e. The van der Waals surface area contributed by atoms with Gasteiger partial charge in [-0.05, 0) is 55.9 Å². The molecule has 1 N–H and O–H groups in total. The predicted molar refractivity (Wildman–Crippen MR) is 133 cm³/mol. The number of anilines is 3. The maximum absolute atomic E-state index is 5.59. The van der Waals surface area contributed by atoms with Crippen molar-refractivity contribution >= 4 is 38.7 Å². The highest BCUT2D eigenvalue weighted by Gasteiger charge is 2.16. The fraction of sp³-hybridized carbons (Fsp3) is 0.280. The Labute approximate surface area is 192 Å². The van der Waals surface area contributed by atoms with Gasteiger partial charge in [-0.25, -0.2) is 9.97 Å². The quantitative estimate of drug-likeness (QED) is 0.437. The zero-order chi connectivity index (χ0) is 21.9. The molecule has 6 nitrogen and oxygen atoms in total. The van der Waals surface area contributed by atoms with Gasteiger partial charge in [0.1, 0.15) is 22.7 Å². The van der Waals surface area contributed by atoms with Crippen molar-refractivity contribution in [2.75, 3.05) is 50.1 Å². The number of rotatable bonds is 6. The summed E-state index contributed by atoms with van der Waals surface area (Å²) in [4.78, 5) is 14.8. The van der Waals surface area contributed by atoms with Crippen molar-refractivity contribution in [3.05, 3.63) is 60.2 Å². The maximum atomic E-state index is 5.59. The molecule has 2 aromatic carbocycles. The number of aromatic nitrogens is 2. The van der Waals surface area contributed by atoms with E-state index in [1.54, 1.807) is 17.7 Å². The van der Waals surface area contributed by atoms with E-state index in [-0.39, 0.29) is 0 Å². The minimum atomic E-state index is 0.663. The number of piperazine rings is 1. The van der Waals surface area contributed by atoms with Gasteiger partial charge in [-0.3, -0.25) is 0 Å². The number of likely N-dealkylation sites (N-methyl/N-ethyl adjacent to an activating group) is 1. The molecule has 164 valence electrons. The first-order valence-electron chi connectivity index (χ1n) is 11.0. The van der Waals surface area contributed by atoms with Gasteiger partial charge < -0.3 is 19.9 Å². The molecule has 4 aromatic rings. The van der Waals surface area contributed by atoms with E-state index in [9.17, 15) is 0 Å². The van der Waals surface area contributed by atoms with Gasteiger partial charge in [0.15, 0.2) is 0 Å². The molecule has 0 aliphatic carbocycles. The van der Waals surface area contributed by atoms with Gasteiger partial charge in [0.25, 0.3) is 0 Å².